The molecule has 4 aromatic rings. The fraction of sp³-hybridized carbons (Fsp3) is 0.111. The molecule has 0 atom stereocenters. The van der Waals surface area contributed by atoms with Crippen LogP contribution in [-0.2, 0) is 18.6 Å². The Balaban J connectivity index is 1.69. The lowest BCUT2D eigenvalue weighted by atomic mass is 9.75. The average molecular weight is 421 g/mol. The molecule has 0 saturated heterocycles. The van der Waals surface area contributed by atoms with Crippen LogP contribution in [-0.4, -0.2) is 22.3 Å². The van der Waals surface area contributed by atoms with Crippen LogP contribution in [0.3, 0.4) is 0 Å². The first-order valence-corrected chi connectivity index (χ1v) is 10.7. The van der Waals surface area contributed by atoms with Crippen molar-refractivity contribution in [3.05, 3.63) is 137 Å². The zero-order valence-electron chi connectivity index (χ0n) is 17.6. The van der Waals surface area contributed by atoms with E-state index in [0.29, 0.717) is 12.3 Å². The van der Waals surface area contributed by atoms with Crippen molar-refractivity contribution >= 4 is 7.32 Å². The van der Waals surface area contributed by atoms with Gasteiger partial charge in [-0.25, -0.2) is 0 Å². The molecule has 0 radical (unpaired) electrons. The van der Waals surface area contributed by atoms with Gasteiger partial charge in [-0.2, -0.15) is 0 Å². The maximum absolute atomic E-state index is 9.20. The quantitative estimate of drug-likeness (QED) is 0.359. The van der Waals surface area contributed by atoms with E-state index in [0.717, 1.165) is 12.1 Å². The van der Waals surface area contributed by atoms with Crippen LogP contribution in [0, 0.1) is 0 Å². The summed E-state index contributed by atoms with van der Waals surface area (Å²) in [5, 5.41) is 18.4. The lowest BCUT2D eigenvalue weighted by molar-refractivity contribution is 0.157. The van der Waals surface area contributed by atoms with Gasteiger partial charge >= 0.3 is 7.32 Å². The van der Waals surface area contributed by atoms with Gasteiger partial charge in [0, 0.05) is 13.1 Å². The van der Waals surface area contributed by atoms with Crippen molar-refractivity contribution in [2.24, 2.45) is 0 Å². The van der Waals surface area contributed by atoms with E-state index >= 15 is 0 Å². The molecule has 0 amide bonds. The molecule has 1 aliphatic rings. The predicted octanol–water partition coefficient (Wildman–Crippen LogP) is 4.34. The Bertz CT molecular complexity index is 1090. The van der Waals surface area contributed by atoms with Crippen LogP contribution in [0.4, 0.5) is 0 Å². The SMILES string of the molecule is OB(O)Oc1ccc2c(c1)CN(C(c1ccccc1)(c1ccccc1)c1ccccc1)C2. The molecule has 158 valence electrons. The summed E-state index contributed by atoms with van der Waals surface area (Å²) in [6.07, 6.45) is 0. The normalized spacial score (nSPS) is 13.6. The Morgan fingerprint density at radius 2 is 1.09 bits per heavy atom. The second kappa shape index (κ2) is 8.63. The smallest absolute Gasteiger partial charge is 0.512 e. The lowest BCUT2D eigenvalue weighted by Crippen LogP contribution is -2.45. The van der Waals surface area contributed by atoms with E-state index < -0.39 is 12.9 Å². The van der Waals surface area contributed by atoms with E-state index in [4.69, 9.17) is 4.65 Å². The van der Waals surface area contributed by atoms with Gasteiger partial charge < -0.3 is 14.7 Å². The van der Waals surface area contributed by atoms with Crippen LogP contribution in [0.5, 0.6) is 5.75 Å². The molecule has 0 aromatic heterocycles. The molecule has 5 heteroatoms. The van der Waals surface area contributed by atoms with E-state index in [1.807, 2.05) is 30.3 Å². The largest absolute Gasteiger partial charge is 0.707 e. The Morgan fingerprint density at radius 3 is 1.56 bits per heavy atom. The highest BCUT2D eigenvalue weighted by atomic mass is 16.6. The summed E-state index contributed by atoms with van der Waals surface area (Å²) in [4.78, 5) is 2.48. The third-order valence-corrected chi connectivity index (χ3v) is 6.19. The minimum atomic E-state index is -1.83. The summed E-state index contributed by atoms with van der Waals surface area (Å²) in [5.74, 6) is 0.449. The van der Waals surface area contributed by atoms with Gasteiger partial charge in [0.05, 0.1) is 5.54 Å². The highest BCUT2D eigenvalue weighted by Gasteiger charge is 2.44. The Morgan fingerprint density at radius 1 is 0.625 bits per heavy atom. The summed E-state index contributed by atoms with van der Waals surface area (Å²) in [6.45, 7) is 1.46. The molecule has 0 bridgehead atoms. The maximum atomic E-state index is 9.20. The van der Waals surface area contributed by atoms with E-state index in [-0.39, 0.29) is 0 Å². The van der Waals surface area contributed by atoms with Crippen molar-refractivity contribution in [3.63, 3.8) is 0 Å². The number of hydrogen-bond acceptors (Lipinski definition) is 4. The van der Waals surface area contributed by atoms with Crippen LogP contribution in [0.1, 0.15) is 27.8 Å². The van der Waals surface area contributed by atoms with Crippen molar-refractivity contribution in [1.82, 2.24) is 4.90 Å². The van der Waals surface area contributed by atoms with Gasteiger partial charge in [-0.05, 0) is 39.9 Å². The molecule has 0 spiro atoms. The zero-order valence-corrected chi connectivity index (χ0v) is 17.6. The molecule has 2 N–H and O–H groups in total. The number of benzene rings is 4. The van der Waals surface area contributed by atoms with E-state index in [1.54, 1.807) is 6.07 Å². The van der Waals surface area contributed by atoms with Crippen LogP contribution < -0.4 is 4.65 Å². The molecular formula is C27H24BNO3. The van der Waals surface area contributed by atoms with Gasteiger partial charge in [-0.15, -0.1) is 0 Å². The minimum absolute atomic E-state index is 0.449. The maximum Gasteiger partial charge on any atom is 0.707 e. The highest BCUT2D eigenvalue weighted by molar-refractivity contribution is 6.33. The number of rotatable bonds is 6. The van der Waals surface area contributed by atoms with Gasteiger partial charge in [-0.3, -0.25) is 4.90 Å². The first-order chi connectivity index (χ1) is 15.7. The van der Waals surface area contributed by atoms with Gasteiger partial charge in [-0.1, -0.05) is 97.1 Å². The molecule has 5 rings (SSSR count). The monoisotopic (exact) mass is 421 g/mol. The molecule has 0 fully saturated rings. The highest BCUT2D eigenvalue weighted by Crippen LogP contribution is 2.46. The Labute approximate surface area is 188 Å². The van der Waals surface area contributed by atoms with Gasteiger partial charge in [0.15, 0.2) is 0 Å². The topological polar surface area (TPSA) is 52.9 Å². The molecule has 1 heterocycles. The fourth-order valence-corrected chi connectivity index (χ4v) is 4.89. The summed E-state index contributed by atoms with van der Waals surface area (Å²) in [6, 6.07) is 37.6. The van der Waals surface area contributed by atoms with E-state index in [2.05, 4.69) is 77.7 Å². The summed E-state index contributed by atoms with van der Waals surface area (Å²) in [7, 11) is -1.83. The lowest BCUT2D eigenvalue weighted by Gasteiger charge is -2.43. The summed E-state index contributed by atoms with van der Waals surface area (Å²) < 4.78 is 5.11. The third kappa shape index (κ3) is 3.61. The summed E-state index contributed by atoms with van der Waals surface area (Å²) in [5.41, 5.74) is 5.44. The molecule has 1 aliphatic heterocycles. The van der Waals surface area contributed by atoms with Crippen molar-refractivity contribution in [2.75, 3.05) is 0 Å². The molecule has 0 unspecified atom stereocenters. The standard InChI is InChI=1S/C27H24BNO3/c30-28(31)32-26-17-16-21-19-29(20-22(21)18-26)27(23-10-4-1-5-11-23,24-12-6-2-7-13-24)25-14-8-3-9-15-25/h1-18,30-31H,19-20H2. The molecular weight excluding hydrogens is 397 g/mol. The molecule has 0 aliphatic carbocycles. The second-order valence-corrected chi connectivity index (χ2v) is 8.04. The van der Waals surface area contributed by atoms with Crippen LogP contribution in [0.25, 0.3) is 0 Å². The van der Waals surface area contributed by atoms with Crippen LogP contribution in [0.2, 0.25) is 0 Å². The Hall–Kier alpha value is -3.38. The van der Waals surface area contributed by atoms with Crippen molar-refractivity contribution < 1.29 is 14.7 Å². The molecule has 32 heavy (non-hydrogen) atoms. The van der Waals surface area contributed by atoms with Crippen LogP contribution >= 0.6 is 0 Å². The fourth-order valence-electron chi connectivity index (χ4n) is 4.89. The van der Waals surface area contributed by atoms with Crippen molar-refractivity contribution in [3.8, 4) is 5.75 Å². The molecule has 4 nitrogen and oxygen atoms in total. The third-order valence-electron chi connectivity index (χ3n) is 6.19. The first kappa shape index (κ1) is 20.5. The van der Waals surface area contributed by atoms with Crippen molar-refractivity contribution in [2.45, 2.75) is 18.6 Å². The number of hydrogen-bond donors (Lipinski definition) is 2. The second-order valence-electron chi connectivity index (χ2n) is 8.04. The summed E-state index contributed by atoms with van der Waals surface area (Å²) >= 11 is 0. The number of fused-ring (bicyclic) bond motifs is 1. The molecule has 0 saturated carbocycles. The minimum Gasteiger partial charge on any atom is -0.512 e. The predicted molar refractivity (Wildman–Crippen MR) is 126 cm³/mol. The Kier molecular flexibility index (Phi) is 5.54. The van der Waals surface area contributed by atoms with Crippen LogP contribution in [0.15, 0.2) is 109 Å². The average Bonchev–Trinajstić information content (AvgIpc) is 3.25. The van der Waals surface area contributed by atoms with E-state index in [1.165, 1.54) is 22.3 Å². The zero-order chi connectivity index (χ0) is 22.0. The first-order valence-electron chi connectivity index (χ1n) is 10.7. The van der Waals surface area contributed by atoms with Gasteiger partial charge in [0.25, 0.3) is 0 Å². The molecule has 4 aromatic carbocycles. The van der Waals surface area contributed by atoms with Gasteiger partial charge in [0.1, 0.15) is 5.75 Å². The van der Waals surface area contributed by atoms with Crippen molar-refractivity contribution in [1.29, 1.82) is 0 Å². The van der Waals surface area contributed by atoms with E-state index in [9.17, 15) is 10.0 Å². The number of nitrogens with zero attached hydrogens (tertiary/aromatic N) is 1. The van der Waals surface area contributed by atoms with Gasteiger partial charge in [0.2, 0.25) is 0 Å².